The molecule has 0 amide bonds. The maximum Gasteiger partial charge on any atom is -0.0215 e. The fourth-order valence-corrected chi connectivity index (χ4v) is 2.89. The Labute approximate surface area is 57.6 Å². The van der Waals surface area contributed by atoms with Crippen molar-refractivity contribution in [2.75, 3.05) is 0 Å². The Morgan fingerprint density at radius 2 is 1.89 bits per heavy atom. The van der Waals surface area contributed by atoms with Crippen molar-refractivity contribution in [2.24, 2.45) is 16.7 Å². The number of hydrogen-bond acceptors (Lipinski definition) is 0. The maximum absolute atomic E-state index is 2.45. The molecule has 0 heterocycles. The molecular weight excluding hydrogens is 108 g/mol. The van der Waals surface area contributed by atoms with Gasteiger partial charge in [0.25, 0.3) is 0 Å². The van der Waals surface area contributed by atoms with Gasteiger partial charge in [-0.3, -0.25) is 0 Å². The van der Waals surface area contributed by atoms with Gasteiger partial charge in [-0.25, -0.2) is 0 Å². The summed E-state index contributed by atoms with van der Waals surface area (Å²) < 4.78 is 0. The molecule has 52 valence electrons. The molecule has 2 atom stereocenters. The minimum atomic E-state index is 0.807. The zero-order valence-corrected chi connectivity index (χ0v) is 6.70. The Kier molecular flexibility index (Phi) is 0.774. The molecule has 0 spiro atoms. The lowest BCUT2D eigenvalue weighted by Gasteiger charge is -2.36. The van der Waals surface area contributed by atoms with Gasteiger partial charge in [0.05, 0.1) is 0 Å². The summed E-state index contributed by atoms with van der Waals surface area (Å²) >= 11 is 0. The second-order valence-electron chi connectivity index (χ2n) is 4.55. The van der Waals surface area contributed by atoms with Gasteiger partial charge >= 0.3 is 0 Å². The number of fused-ring (bicyclic) bond motifs is 1. The van der Waals surface area contributed by atoms with Crippen LogP contribution in [0, 0.1) is 16.7 Å². The standard InChI is InChI=1S/C9H16/c1-7(2)9-5-4-8(9,3)6-9/h7H,4-6H2,1-3H3. The van der Waals surface area contributed by atoms with Crippen molar-refractivity contribution in [1.82, 2.24) is 0 Å². The molecule has 0 saturated heterocycles. The summed E-state index contributed by atoms with van der Waals surface area (Å²) in [6, 6.07) is 0. The predicted molar refractivity (Wildman–Crippen MR) is 39.2 cm³/mol. The molecule has 2 aliphatic rings. The smallest absolute Gasteiger partial charge is 0.0215 e. The molecule has 0 radical (unpaired) electrons. The SMILES string of the molecule is CC(C)C12CCC1(C)C2. The second kappa shape index (κ2) is 1.21. The molecule has 0 nitrogen and oxygen atoms in total. The fraction of sp³-hybridized carbons (Fsp3) is 1.00. The minimum absolute atomic E-state index is 0.807. The van der Waals surface area contributed by atoms with Gasteiger partial charge in [-0.15, -0.1) is 0 Å². The van der Waals surface area contributed by atoms with Crippen LogP contribution in [-0.2, 0) is 0 Å². The van der Waals surface area contributed by atoms with Gasteiger partial charge in [-0.2, -0.15) is 0 Å². The number of hydrogen-bond donors (Lipinski definition) is 0. The van der Waals surface area contributed by atoms with E-state index < -0.39 is 0 Å². The highest BCUT2D eigenvalue weighted by atomic mass is 14.8. The maximum atomic E-state index is 2.45. The molecule has 0 aliphatic heterocycles. The Hall–Kier alpha value is 0. The normalized spacial score (nSPS) is 54.7. The first kappa shape index (κ1) is 5.76. The molecule has 9 heavy (non-hydrogen) atoms. The van der Waals surface area contributed by atoms with Crippen LogP contribution in [0.1, 0.15) is 40.0 Å². The van der Waals surface area contributed by atoms with Crippen molar-refractivity contribution in [2.45, 2.75) is 40.0 Å². The van der Waals surface area contributed by atoms with Crippen LogP contribution in [0.4, 0.5) is 0 Å². The van der Waals surface area contributed by atoms with E-state index in [1.807, 2.05) is 0 Å². The van der Waals surface area contributed by atoms with E-state index in [1.54, 1.807) is 0 Å². The Morgan fingerprint density at radius 1 is 1.22 bits per heavy atom. The van der Waals surface area contributed by atoms with Crippen LogP contribution >= 0.6 is 0 Å². The summed E-state index contributed by atoms with van der Waals surface area (Å²) in [4.78, 5) is 0. The van der Waals surface area contributed by atoms with Crippen molar-refractivity contribution >= 4 is 0 Å². The molecule has 0 N–H and O–H groups in total. The lowest BCUT2D eigenvalue weighted by atomic mass is 9.69. The molecule has 0 aromatic carbocycles. The van der Waals surface area contributed by atoms with E-state index in [0.717, 1.165) is 16.7 Å². The van der Waals surface area contributed by atoms with Crippen molar-refractivity contribution in [3.8, 4) is 0 Å². The van der Waals surface area contributed by atoms with Gasteiger partial charge in [0.15, 0.2) is 0 Å². The Balaban J connectivity index is 2.15. The first-order valence-corrected chi connectivity index (χ1v) is 4.11. The zero-order valence-electron chi connectivity index (χ0n) is 6.70. The van der Waals surface area contributed by atoms with E-state index in [-0.39, 0.29) is 0 Å². The van der Waals surface area contributed by atoms with Crippen LogP contribution < -0.4 is 0 Å². The van der Waals surface area contributed by atoms with Crippen LogP contribution in [0.5, 0.6) is 0 Å². The minimum Gasteiger partial charge on any atom is -0.0622 e. The van der Waals surface area contributed by atoms with E-state index in [0.29, 0.717) is 0 Å². The third-order valence-corrected chi connectivity index (χ3v) is 4.01. The van der Waals surface area contributed by atoms with E-state index in [1.165, 1.54) is 19.3 Å². The van der Waals surface area contributed by atoms with Gasteiger partial charge < -0.3 is 0 Å². The summed E-state index contributed by atoms with van der Waals surface area (Å²) in [7, 11) is 0. The molecule has 2 unspecified atom stereocenters. The summed E-state index contributed by atoms with van der Waals surface area (Å²) in [5.74, 6) is 0.941. The van der Waals surface area contributed by atoms with Crippen molar-refractivity contribution in [3.63, 3.8) is 0 Å². The monoisotopic (exact) mass is 124 g/mol. The van der Waals surface area contributed by atoms with Gasteiger partial charge in [-0.05, 0) is 36.0 Å². The first-order chi connectivity index (χ1) is 4.11. The van der Waals surface area contributed by atoms with E-state index >= 15 is 0 Å². The molecule has 2 fully saturated rings. The van der Waals surface area contributed by atoms with Gasteiger partial charge in [-0.1, -0.05) is 20.8 Å². The van der Waals surface area contributed by atoms with Crippen molar-refractivity contribution in [1.29, 1.82) is 0 Å². The second-order valence-corrected chi connectivity index (χ2v) is 4.55. The lowest BCUT2D eigenvalue weighted by Crippen LogP contribution is -2.27. The van der Waals surface area contributed by atoms with Crippen LogP contribution in [0.25, 0.3) is 0 Å². The summed E-state index contributed by atoms with van der Waals surface area (Å²) in [6.45, 7) is 7.21. The average Bonchev–Trinajstić information content (AvgIpc) is 2.15. The summed E-state index contributed by atoms with van der Waals surface area (Å²) in [5, 5.41) is 0. The predicted octanol–water partition coefficient (Wildman–Crippen LogP) is 2.83. The number of rotatable bonds is 1. The molecule has 2 rings (SSSR count). The van der Waals surface area contributed by atoms with Crippen LogP contribution in [0.2, 0.25) is 0 Å². The van der Waals surface area contributed by atoms with Crippen LogP contribution in [0.3, 0.4) is 0 Å². The first-order valence-electron chi connectivity index (χ1n) is 4.11. The third-order valence-electron chi connectivity index (χ3n) is 4.01. The van der Waals surface area contributed by atoms with E-state index in [9.17, 15) is 0 Å². The summed E-state index contributed by atoms with van der Waals surface area (Å²) in [6.07, 6.45) is 4.55. The van der Waals surface area contributed by atoms with E-state index in [4.69, 9.17) is 0 Å². The highest BCUT2D eigenvalue weighted by molar-refractivity contribution is 5.20. The molecule has 2 saturated carbocycles. The molecule has 0 bridgehead atoms. The Morgan fingerprint density at radius 3 is 1.89 bits per heavy atom. The van der Waals surface area contributed by atoms with Gasteiger partial charge in [0, 0.05) is 0 Å². The fourth-order valence-electron chi connectivity index (χ4n) is 2.89. The average molecular weight is 124 g/mol. The lowest BCUT2D eigenvalue weighted by molar-refractivity contribution is 0.137. The molecule has 2 aliphatic carbocycles. The van der Waals surface area contributed by atoms with Gasteiger partial charge in [0.1, 0.15) is 0 Å². The zero-order chi connectivity index (χ0) is 6.70. The van der Waals surface area contributed by atoms with Gasteiger partial charge in [0.2, 0.25) is 0 Å². The Bertz CT molecular complexity index is 148. The molecule has 0 heteroatoms. The summed E-state index contributed by atoms with van der Waals surface area (Å²) in [5.41, 5.74) is 1.63. The quantitative estimate of drug-likeness (QED) is 0.504. The molecular formula is C9H16. The van der Waals surface area contributed by atoms with Crippen molar-refractivity contribution < 1.29 is 0 Å². The van der Waals surface area contributed by atoms with Crippen LogP contribution in [-0.4, -0.2) is 0 Å². The van der Waals surface area contributed by atoms with E-state index in [2.05, 4.69) is 20.8 Å². The highest BCUT2D eigenvalue weighted by Gasteiger charge is 2.71. The molecule has 0 aromatic heterocycles. The highest BCUT2D eigenvalue weighted by Crippen LogP contribution is 2.80. The van der Waals surface area contributed by atoms with Crippen molar-refractivity contribution in [3.05, 3.63) is 0 Å². The largest absolute Gasteiger partial charge is 0.0622 e. The third kappa shape index (κ3) is 0.426. The molecule has 0 aromatic rings. The topological polar surface area (TPSA) is 0 Å². The van der Waals surface area contributed by atoms with Crippen LogP contribution in [0.15, 0.2) is 0 Å².